The number of rotatable bonds is 0. The average molecular weight is 115 g/mol. The van der Waals surface area contributed by atoms with Crippen molar-refractivity contribution < 1.29 is 9.57 Å². The minimum Gasteiger partial charge on any atom is -0.471 e. The highest BCUT2D eigenvalue weighted by molar-refractivity contribution is 5.46. The van der Waals surface area contributed by atoms with E-state index in [1.807, 2.05) is 13.8 Å². The first-order valence-electron chi connectivity index (χ1n) is 2.52. The molecule has 1 aliphatic heterocycles. The van der Waals surface area contributed by atoms with Gasteiger partial charge in [0, 0.05) is 0 Å². The standard InChI is InChI=1S/C5H9NO2/c1-5(2)3-8-6-4-7-5/h4H,3H2,1-2H3. The van der Waals surface area contributed by atoms with E-state index >= 15 is 0 Å². The zero-order chi connectivity index (χ0) is 6.04. The van der Waals surface area contributed by atoms with Crippen LogP contribution in [0.4, 0.5) is 0 Å². The van der Waals surface area contributed by atoms with Crippen molar-refractivity contribution in [3.8, 4) is 0 Å². The van der Waals surface area contributed by atoms with Crippen molar-refractivity contribution in [1.82, 2.24) is 0 Å². The molecule has 0 spiro atoms. The van der Waals surface area contributed by atoms with Gasteiger partial charge in [-0.1, -0.05) is 5.16 Å². The van der Waals surface area contributed by atoms with Crippen LogP contribution in [-0.4, -0.2) is 18.6 Å². The maximum Gasteiger partial charge on any atom is 0.213 e. The second-order valence-electron chi connectivity index (χ2n) is 2.36. The number of hydrogen-bond acceptors (Lipinski definition) is 3. The third-order valence-electron chi connectivity index (χ3n) is 0.901. The van der Waals surface area contributed by atoms with Crippen molar-refractivity contribution in [3.63, 3.8) is 0 Å². The summed E-state index contributed by atoms with van der Waals surface area (Å²) >= 11 is 0. The molecule has 0 aromatic heterocycles. The molecule has 0 saturated heterocycles. The molecule has 1 heterocycles. The van der Waals surface area contributed by atoms with E-state index in [0.717, 1.165) is 0 Å². The summed E-state index contributed by atoms with van der Waals surface area (Å²) in [5.74, 6) is 0. The van der Waals surface area contributed by atoms with Crippen LogP contribution in [-0.2, 0) is 9.57 Å². The predicted molar refractivity (Wildman–Crippen MR) is 29.6 cm³/mol. The van der Waals surface area contributed by atoms with Crippen molar-refractivity contribution in [2.75, 3.05) is 6.61 Å². The lowest BCUT2D eigenvalue weighted by atomic mass is 10.1. The van der Waals surface area contributed by atoms with Crippen molar-refractivity contribution in [2.24, 2.45) is 5.16 Å². The molecule has 0 aromatic carbocycles. The average Bonchev–Trinajstić information content (AvgIpc) is 1.65. The Bertz CT molecular complexity index is 109. The fourth-order valence-electron chi connectivity index (χ4n) is 0.421. The highest BCUT2D eigenvalue weighted by Gasteiger charge is 2.21. The molecule has 0 aliphatic carbocycles. The van der Waals surface area contributed by atoms with E-state index in [1.165, 1.54) is 6.40 Å². The first-order chi connectivity index (χ1) is 3.71. The number of nitrogens with zero attached hydrogens (tertiary/aromatic N) is 1. The number of ether oxygens (including phenoxy) is 1. The SMILES string of the molecule is CC1(C)CON=CO1. The van der Waals surface area contributed by atoms with Crippen LogP contribution in [0.15, 0.2) is 5.16 Å². The van der Waals surface area contributed by atoms with Crippen LogP contribution in [0.2, 0.25) is 0 Å². The van der Waals surface area contributed by atoms with Crippen molar-refractivity contribution in [3.05, 3.63) is 0 Å². The molecule has 3 nitrogen and oxygen atoms in total. The van der Waals surface area contributed by atoms with Crippen LogP contribution in [0.25, 0.3) is 0 Å². The van der Waals surface area contributed by atoms with Gasteiger partial charge in [0.05, 0.1) is 0 Å². The Labute approximate surface area is 48.3 Å². The third-order valence-corrected chi connectivity index (χ3v) is 0.901. The lowest BCUT2D eigenvalue weighted by Gasteiger charge is -2.24. The first-order valence-corrected chi connectivity index (χ1v) is 2.52. The molecular weight excluding hydrogens is 106 g/mol. The predicted octanol–water partition coefficient (Wildman–Crippen LogP) is 0.755. The van der Waals surface area contributed by atoms with Gasteiger partial charge in [-0.25, -0.2) is 0 Å². The Hall–Kier alpha value is -0.730. The van der Waals surface area contributed by atoms with E-state index in [4.69, 9.17) is 9.57 Å². The van der Waals surface area contributed by atoms with Crippen molar-refractivity contribution in [2.45, 2.75) is 19.4 Å². The highest BCUT2D eigenvalue weighted by atomic mass is 16.7. The van der Waals surface area contributed by atoms with Crippen LogP contribution in [0, 0.1) is 0 Å². The maximum atomic E-state index is 5.05. The van der Waals surface area contributed by atoms with Crippen LogP contribution in [0.3, 0.4) is 0 Å². The highest BCUT2D eigenvalue weighted by Crippen LogP contribution is 2.10. The summed E-state index contributed by atoms with van der Waals surface area (Å²) in [5, 5.41) is 3.43. The minimum absolute atomic E-state index is 0.193. The Balaban J connectivity index is 2.50. The molecule has 0 unspecified atom stereocenters. The lowest BCUT2D eigenvalue weighted by Crippen LogP contribution is -2.32. The molecule has 0 saturated carbocycles. The van der Waals surface area contributed by atoms with E-state index < -0.39 is 0 Å². The summed E-state index contributed by atoms with van der Waals surface area (Å²) in [6.45, 7) is 4.42. The summed E-state index contributed by atoms with van der Waals surface area (Å²) in [4.78, 5) is 4.73. The van der Waals surface area contributed by atoms with Crippen molar-refractivity contribution in [1.29, 1.82) is 0 Å². The molecule has 1 aliphatic rings. The summed E-state index contributed by atoms with van der Waals surface area (Å²) in [5.41, 5.74) is -0.193. The molecule has 0 N–H and O–H groups in total. The van der Waals surface area contributed by atoms with Crippen LogP contribution >= 0.6 is 0 Å². The fourth-order valence-corrected chi connectivity index (χ4v) is 0.421. The first kappa shape index (κ1) is 5.41. The summed E-state index contributed by atoms with van der Waals surface area (Å²) in [6, 6.07) is 0. The molecule has 0 fully saturated rings. The molecule has 0 atom stereocenters. The van der Waals surface area contributed by atoms with E-state index in [-0.39, 0.29) is 5.60 Å². The Kier molecular flexibility index (Phi) is 1.12. The van der Waals surface area contributed by atoms with Crippen LogP contribution in [0.1, 0.15) is 13.8 Å². The fraction of sp³-hybridized carbons (Fsp3) is 0.800. The molecule has 0 amide bonds. The van der Waals surface area contributed by atoms with E-state index in [1.54, 1.807) is 0 Å². The third kappa shape index (κ3) is 1.12. The van der Waals surface area contributed by atoms with Gasteiger partial charge in [0.1, 0.15) is 5.60 Å². The van der Waals surface area contributed by atoms with Gasteiger partial charge in [-0.15, -0.1) is 0 Å². The minimum atomic E-state index is -0.193. The second-order valence-corrected chi connectivity index (χ2v) is 2.36. The largest absolute Gasteiger partial charge is 0.471 e. The zero-order valence-electron chi connectivity index (χ0n) is 5.05. The maximum absolute atomic E-state index is 5.05. The second kappa shape index (κ2) is 1.65. The Morgan fingerprint density at radius 2 is 2.38 bits per heavy atom. The van der Waals surface area contributed by atoms with Gasteiger partial charge in [0.25, 0.3) is 0 Å². The summed E-state index contributed by atoms with van der Waals surface area (Å²) < 4.78 is 5.05. The van der Waals surface area contributed by atoms with Gasteiger partial charge in [-0.05, 0) is 13.8 Å². The Morgan fingerprint density at radius 3 is 2.62 bits per heavy atom. The van der Waals surface area contributed by atoms with Gasteiger partial charge < -0.3 is 9.57 Å². The molecule has 0 aromatic rings. The number of hydrogen-bond donors (Lipinski definition) is 0. The monoisotopic (exact) mass is 115 g/mol. The normalized spacial score (nSPS) is 23.8. The molecular formula is C5H9NO2. The Morgan fingerprint density at radius 1 is 1.62 bits per heavy atom. The zero-order valence-corrected chi connectivity index (χ0v) is 5.05. The van der Waals surface area contributed by atoms with Gasteiger partial charge in [0.2, 0.25) is 6.40 Å². The van der Waals surface area contributed by atoms with E-state index in [9.17, 15) is 0 Å². The molecule has 0 bridgehead atoms. The quantitative estimate of drug-likeness (QED) is 0.466. The van der Waals surface area contributed by atoms with E-state index in [2.05, 4.69) is 5.16 Å². The van der Waals surface area contributed by atoms with Gasteiger partial charge in [-0.2, -0.15) is 0 Å². The number of oxime groups is 1. The van der Waals surface area contributed by atoms with Gasteiger partial charge in [-0.3, -0.25) is 0 Å². The summed E-state index contributed by atoms with van der Waals surface area (Å²) in [6.07, 6.45) is 1.32. The molecule has 8 heavy (non-hydrogen) atoms. The summed E-state index contributed by atoms with van der Waals surface area (Å²) in [7, 11) is 0. The van der Waals surface area contributed by atoms with Gasteiger partial charge in [0.15, 0.2) is 6.61 Å². The van der Waals surface area contributed by atoms with Crippen LogP contribution in [0.5, 0.6) is 0 Å². The molecule has 1 rings (SSSR count). The van der Waals surface area contributed by atoms with Crippen LogP contribution < -0.4 is 0 Å². The lowest BCUT2D eigenvalue weighted by molar-refractivity contribution is -0.0362. The van der Waals surface area contributed by atoms with Crippen molar-refractivity contribution >= 4 is 6.40 Å². The molecule has 0 radical (unpaired) electrons. The smallest absolute Gasteiger partial charge is 0.213 e. The van der Waals surface area contributed by atoms with Gasteiger partial charge >= 0.3 is 0 Å². The topological polar surface area (TPSA) is 30.8 Å². The van der Waals surface area contributed by atoms with E-state index in [0.29, 0.717) is 6.61 Å². The molecule has 3 heteroatoms. The molecule has 46 valence electrons.